The molecule has 4 aliphatic rings. The highest BCUT2D eigenvalue weighted by atomic mass is 16.5. The summed E-state index contributed by atoms with van der Waals surface area (Å²) in [5, 5.41) is 25.1. The van der Waals surface area contributed by atoms with E-state index in [9.17, 15) is 10.2 Å². The molecule has 0 saturated heterocycles. The molecule has 4 nitrogen and oxygen atoms in total. The maximum Gasteiger partial charge on any atom is 0.131 e. The minimum absolute atomic E-state index is 0.186. The Labute approximate surface area is 400 Å². The van der Waals surface area contributed by atoms with Gasteiger partial charge in [-0.25, -0.2) is 0 Å². The standard InChI is InChI=1S/C63H72O4/c1-7-42-25-27-58(52(34-42)54-29-38(3)31-56(62(54)64)60-48-21-13-9-17-44(48)36-45-18-10-14-22-49(45)60)66-40(5)33-41(6)67-59-28-26-43(8-2)35-53(59)55-30-39(4)32-57(63(55)65)61-50-23-15-11-19-46(50)37-47-20-12-16-24-51(47)61/h25-32,34-37,40-41,64-65H,7-24,33H2,1-6H3/t40-,41?/m0/s1. The normalized spacial score (nSPS) is 16.3. The molecule has 348 valence electrons. The van der Waals surface area contributed by atoms with E-state index in [4.69, 9.17) is 9.47 Å². The fourth-order valence-corrected chi connectivity index (χ4v) is 12.5. The molecule has 0 radical (unpaired) electrons. The van der Waals surface area contributed by atoms with Crippen LogP contribution in [0.25, 0.3) is 44.5 Å². The predicted octanol–water partition coefficient (Wildman–Crippen LogP) is 15.6. The fourth-order valence-electron chi connectivity index (χ4n) is 12.5. The Bertz CT molecular complexity index is 2580. The third-order valence-corrected chi connectivity index (χ3v) is 15.8. The molecule has 4 aliphatic carbocycles. The van der Waals surface area contributed by atoms with Gasteiger partial charge in [0.25, 0.3) is 0 Å². The molecule has 6 aromatic rings. The summed E-state index contributed by atoms with van der Waals surface area (Å²) in [6, 6.07) is 26.7. The van der Waals surface area contributed by atoms with Gasteiger partial charge in [0.05, 0.1) is 12.2 Å². The van der Waals surface area contributed by atoms with Crippen molar-refractivity contribution in [3.8, 4) is 67.5 Å². The Morgan fingerprint density at radius 3 is 1.09 bits per heavy atom. The van der Waals surface area contributed by atoms with Crippen LogP contribution in [0.15, 0.2) is 72.8 Å². The van der Waals surface area contributed by atoms with E-state index in [1.54, 1.807) is 0 Å². The Hall–Kier alpha value is -5.48. The summed E-state index contributed by atoms with van der Waals surface area (Å²) >= 11 is 0. The van der Waals surface area contributed by atoms with Crippen LogP contribution >= 0.6 is 0 Å². The van der Waals surface area contributed by atoms with Gasteiger partial charge in [-0.1, -0.05) is 38.1 Å². The number of hydrogen-bond acceptors (Lipinski definition) is 4. The zero-order chi connectivity index (χ0) is 46.3. The van der Waals surface area contributed by atoms with Crippen molar-refractivity contribution < 1.29 is 19.7 Å². The average molecular weight is 893 g/mol. The van der Waals surface area contributed by atoms with Gasteiger partial charge in [0.1, 0.15) is 23.0 Å². The summed E-state index contributed by atoms with van der Waals surface area (Å²) in [4.78, 5) is 0. The smallest absolute Gasteiger partial charge is 0.131 e. The molecule has 10 rings (SSSR count). The van der Waals surface area contributed by atoms with Crippen LogP contribution in [0.5, 0.6) is 23.0 Å². The largest absolute Gasteiger partial charge is 0.507 e. The SMILES string of the molecule is CCc1ccc(OC(C)C[C@H](C)Oc2ccc(CC)cc2-c2cc(C)cc(-c3c4c(cc5c3CCCC5)CCCC4)c2O)c(-c2cc(C)cc(-c3c4c(cc5c3CCCC5)CCCC4)c2O)c1. The van der Waals surface area contributed by atoms with Gasteiger partial charge in [-0.2, -0.15) is 0 Å². The second kappa shape index (κ2) is 19.3. The van der Waals surface area contributed by atoms with Crippen LogP contribution < -0.4 is 9.47 Å². The molecule has 0 aliphatic heterocycles. The number of rotatable bonds is 12. The predicted molar refractivity (Wildman–Crippen MR) is 278 cm³/mol. The summed E-state index contributed by atoms with van der Waals surface area (Å²) in [5.41, 5.74) is 24.6. The summed E-state index contributed by atoms with van der Waals surface area (Å²) in [6.07, 6.45) is 20.6. The average Bonchev–Trinajstić information content (AvgIpc) is 3.34. The van der Waals surface area contributed by atoms with Crippen LogP contribution in [0.4, 0.5) is 0 Å². The third kappa shape index (κ3) is 8.91. The summed E-state index contributed by atoms with van der Waals surface area (Å²) in [6.45, 7) is 13.0. The van der Waals surface area contributed by atoms with Crippen LogP contribution in [0.3, 0.4) is 0 Å². The van der Waals surface area contributed by atoms with Gasteiger partial charge in [0, 0.05) is 39.8 Å². The van der Waals surface area contributed by atoms with Gasteiger partial charge >= 0.3 is 0 Å². The van der Waals surface area contributed by atoms with E-state index in [-0.39, 0.29) is 12.2 Å². The van der Waals surface area contributed by atoms with Gasteiger partial charge in [-0.05, 0) is 270 Å². The van der Waals surface area contributed by atoms with Crippen molar-refractivity contribution in [1.82, 2.24) is 0 Å². The van der Waals surface area contributed by atoms with E-state index in [0.717, 1.165) is 120 Å². The second-order valence-electron chi connectivity index (χ2n) is 20.8. The first-order chi connectivity index (χ1) is 32.6. The fraction of sp³-hybridized carbons (Fsp3) is 0.429. The molecule has 0 saturated carbocycles. The lowest BCUT2D eigenvalue weighted by atomic mass is 9.76. The first kappa shape index (κ1) is 45.3. The van der Waals surface area contributed by atoms with E-state index in [0.29, 0.717) is 17.9 Å². The Morgan fingerprint density at radius 1 is 0.418 bits per heavy atom. The maximum atomic E-state index is 12.5. The number of aryl methyl sites for hydroxylation is 8. The number of benzene rings is 6. The molecule has 2 atom stereocenters. The first-order valence-corrected chi connectivity index (χ1v) is 26.2. The quantitative estimate of drug-likeness (QED) is 0.128. The van der Waals surface area contributed by atoms with Gasteiger partial charge < -0.3 is 19.7 Å². The second-order valence-corrected chi connectivity index (χ2v) is 20.8. The molecule has 0 bridgehead atoms. The summed E-state index contributed by atoms with van der Waals surface area (Å²) in [5.74, 6) is 2.27. The zero-order valence-corrected chi connectivity index (χ0v) is 41.2. The first-order valence-electron chi connectivity index (χ1n) is 26.2. The van der Waals surface area contributed by atoms with E-state index < -0.39 is 0 Å². The van der Waals surface area contributed by atoms with Crippen molar-refractivity contribution in [3.05, 3.63) is 140 Å². The number of ether oxygens (including phenoxy) is 2. The molecule has 67 heavy (non-hydrogen) atoms. The number of fused-ring (bicyclic) bond motifs is 4. The van der Waals surface area contributed by atoms with Crippen LogP contribution in [0.1, 0.15) is 152 Å². The van der Waals surface area contributed by atoms with Gasteiger partial charge in [0.15, 0.2) is 0 Å². The van der Waals surface area contributed by atoms with Crippen molar-refractivity contribution in [1.29, 1.82) is 0 Å². The van der Waals surface area contributed by atoms with Crippen LogP contribution in [-0.4, -0.2) is 22.4 Å². The van der Waals surface area contributed by atoms with Gasteiger partial charge in [0.2, 0.25) is 0 Å². The van der Waals surface area contributed by atoms with Crippen molar-refractivity contribution in [2.75, 3.05) is 0 Å². The highest BCUT2D eigenvalue weighted by Gasteiger charge is 2.29. The summed E-state index contributed by atoms with van der Waals surface area (Å²) < 4.78 is 13.9. The van der Waals surface area contributed by atoms with Gasteiger partial charge in [-0.15, -0.1) is 0 Å². The van der Waals surface area contributed by atoms with Crippen LogP contribution in [-0.2, 0) is 64.2 Å². The van der Waals surface area contributed by atoms with E-state index in [1.165, 1.54) is 118 Å². The molecular weight excluding hydrogens is 821 g/mol. The number of aromatic hydroxyl groups is 2. The highest BCUT2D eigenvalue weighted by Crippen LogP contribution is 2.50. The van der Waals surface area contributed by atoms with Crippen molar-refractivity contribution in [2.24, 2.45) is 0 Å². The van der Waals surface area contributed by atoms with Gasteiger partial charge in [-0.3, -0.25) is 0 Å². The topological polar surface area (TPSA) is 58.9 Å². The van der Waals surface area contributed by atoms with Crippen molar-refractivity contribution in [3.63, 3.8) is 0 Å². The van der Waals surface area contributed by atoms with Crippen molar-refractivity contribution in [2.45, 2.75) is 176 Å². The van der Waals surface area contributed by atoms with E-state index in [1.807, 2.05) is 0 Å². The maximum absolute atomic E-state index is 12.5. The number of phenols is 2. The van der Waals surface area contributed by atoms with Crippen molar-refractivity contribution >= 4 is 0 Å². The Morgan fingerprint density at radius 2 is 0.746 bits per heavy atom. The summed E-state index contributed by atoms with van der Waals surface area (Å²) in [7, 11) is 0. The molecule has 0 fully saturated rings. The molecule has 4 heteroatoms. The minimum atomic E-state index is -0.186. The molecule has 0 heterocycles. The van der Waals surface area contributed by atoms with E-state index >= 15 is 0 Å². The molecule has 0 amide bonds. The molecule has 0 spiro atoms. The minimum Gasteiger partial charge on any atom is -0.507 e. The monoisotopic (exact) mass is 893 g/mol. The third-order valence-electron chi connectivity index (χ3n) is 15.8. The molecule has 1 unspecified atom stereocenters. The zero-order valence-electron chi connectivity index (χ0n) is 41.2. The highest BCUT2D eigenvalue weighted by molar-refractivity contribution is 5.90. The van der Waals surface area contributed by atoms with Crippen LogP contribution in [0.2, 0.25) is 0 Å². The molecule has 6 aromatic carbocycles. The Kier molecular flexibility index (Phi) is 13.0. The Balaban J connectivity index is 0.958. The van der Waals surface area contributed by atoms with Crippen LogP contribution in [0, 0.1) is 13.8 Å². The molecule has 2 N–H and O–H groups in total. The lowest BCUT2D eigenvalue weighted by Gasteiger charge is -2.29. The number of phenolic OH excluding ortho intramolecular Hbond substituents is 2. The molecular formula is C63H72O4. The number of hydrogen-bond donors (Lipinski definition) is 2. The molecule has 0 aromatic heterocycles. The lowest BCUT2D eigenvalue weighted by Crippen LogP contribution is -2.23. The lowest BCUT2D eigenvalue weighted by molar-refractivity contribution is 0.131. The van der Waals surface area contributed by atoms with E-state index in [2.05, 4.69) is 114 Å².